The molecule has 1 N–H and O–H groups in total. The number of hydrogen-bond donors (Lipinski definition) is 1. The predicted octanol–water partition coefficient (Wildman–Crippen LogP) is 2.78. The number of para-hydroxylation sites is 1. The van der Waals surface area contributed by atoms with Crippen molar-refractivity contribution in [3.8, 4) is 5.75 Å². The van der Waals surface area contributed by atoms with E-state index in [1.54, 1.807) is 25.1 Å². The molecular formula is C19H21ClN2O6S. The van der Waals surface area contributed by atoms with Crippen molar-refractivity contribution in [2.75, 3.05) is 32.6 Å². The number of anilines is 1. The molecule has 0 aliphatic heterocycles. The Kier molecular flexibility index (Phi) is 7.60. The van der Waals surface area contributed by atoms with Gasteiger partial charge in [-0.1, -0.05) is 23.7 Å². The first-order valence-corrected chi connectivity index (χ1v) is 10.4. The normalized spacial score (nSPS) is 11.2. The number of halogens is 1. The molecule has 2 rings (SSSR count). The molecule has 0 atom stereocenters. The molecule has 0 bridgehead atoms. The van der Waals surface area contributed by atoms with Crippen LogP contribution in [0.4, 0.5) is 5.69 Å². The van der Waals surface area contributed by atoms with Gasteiger partial charge < -0.3 is 14.8 Å². The fourth-order valence-corrected chi connectivity index (χ4v) is 3.38. The fraction of sp³-hybridized carbons (Fsp3) is 0.263. The van der Waals surface area contributed by atoms with Crippen molar-refractivity contribution < 1.29 is 27.5 Å². The molecule has 2 aromatic rings. The number of benzene rings is 2. The van der Waals surface area contributed by atoms with Gasteiger partial charge in [-0.2, -0.15) is 0 Å². The molecule has 10 heteroatoms. The lowest BCUT2D eigenvalue weighted by Gasteiger charge is -2.14. The number of hydrogen-bond acceptors (Lipinski definition) is 6. The highest BCUT2D eigenvalue weighted by Gasteiger charge is 2.20. The lowest BCUT2D eigenvalue weighted by molar-refractivity contribution is -0.119. The van der Waals surface area contributed by atoms with E-state index in [9.17, 15) is 18.0 Å². The molecule has 0 heterocycles. The predicted molar refractivity (Wildman–Crippen MR) is 109 cm³/mol. The average Bonchev–Trinajstić information content (AvgIpc) is 2.68. The lowest BCUT2D eigenvalue weighted by atomic mass is 10.2. The second kappa shape index (κ2) is 9.73. The van der Waals surface area contributed by atoms with E-state index >= 15 is 0 Å². The average molecular weight is 441 g/mol. The fourth-order valence-electron chi connectivity index (χ4n) is 2.28. The maximum Gasteiger partial charge on any atom is 0.342 e. The SMILES string of the molecule is CCOc1ccccc1C(=O)OCC(=O)Nc1cc(S(=O)(=O)N(C)C)ccc1Cl. The summed E-state index contributed by atoms with van der Waals surface area (Å²) in [6, 6.07) is 10.4. The molecule has 8 nitrogen and oxygen atoms in total. The minimum absolute atomic E-state index is 0.0372. The number of esters is 1. The van der Waals surface area contributed by atoms with E-state index in [1.807, 2.05) is 0 Å². The number of nitrogens with zero attached hydrogens (tertiary/aromatic N) is 1. The third-order valence-corrected chi connectivity index (χ3v) is 5.87. The van der Waals surface area contributed by atoms with Crippen LogP contribution in [-0.4, -0.2) is 51.9 Å². The Morgan fingerprint density at radius 3 is 2.48 bits per heavy atom. The molecule has 0 saturated carbocycles. The molecule has 0 aliphatic rings. The highest BCUT2D eigenvalue weighted by atomic mass is 35.5. The molecule has 0 aliphatic carbocycles. The number of ether oxygens (including phenoxy) is 2. The third-order valence-electron chi connectivity index (χ3n) is 3.73. The largest absolute Gasteiger partial charge is 0.493 e. The van der Waals surface area contributed by atoms with Crippen LogP contribution in [0.1, 0.15) is 17.3 Å². The zero-order valence-electron chi connectivity index (χ0n) is 16.1. The Morgan fingerprint density at radius 1 is 1.14 bits per heavy atom. The van der Waals surface area contributed by atoms with Crippen LogP contribution in [0.15, 0.2) is 47.4 Å². The van der Waals surface area contributed by atoms with Crippen LogP contribution < -0.4 is 10.1 Å². The smallest absolute Gasteiger partial charge is 0.342 e. The Bertz CT molecular complexity index is 1010. The van der Waals surface area contributed by atoms with Crippen molar-refractivity contribution >= 4 is 39.2 Å². The molecule has 0 unspecified atom stereocenters. The summed E-state index contributed by atoms with van der Waals surface area (Å²) in [4.78, 5) is 24.4. The molecule has 0 fully saturated rings. The van der Waals surface area contributed by atoms with Crippen LogP contribution in [0.2, 0.25) is 5.02 Å². The quantitative estimate of drug-likeness (QED) is 0.633. The van der Waals surface area contributed by atoms with Gasteiger partial charge in [0.1, 0.15) is 11.3 Å². The van der Waals surface area contributed by atoms with Gasteiger partial charge in [-0.3, -0.25) is 4.79 Å². The van der Waals surface area contributed by atoms with E-state index in [0.717, 1.165) is 4.31 Å². The minimum Gasteiger partial charge on any atom is -0.493 e. The van der Waals surface area contributed by atoms with Crippen LogP contribution in [0, 0.1) is 0 Å². The van der Waals surface area contributed by atoms with Crippen LogP contribution >= 0.6 is 11.6 Å². The van der Waals surface area contributed by atoms with Crippen molar-refractivity contribution in [2.24, 2.45) is 0 Å². The molecule has 0 saturated heterocycles. The van der Waals surface area contributed by atoms with Gasteiger partial charge in [0.25, 0.3) is 5.91 Å². The monoisotopic (exact) mass is 440 g/mol. The molecule has 0 aromatic heterocycles. The molecular weight excluding hydrogens is 420 g/mol. The summed E-state index contributed by atoms with van der Waals surface area (Å²) in [5.74, 6) is -1.04. The van der Waals surface area contributed by atoms with Gasteiger partial charge in [0.15, 0.2) is 6.61 Å². The van der Waals surface area contributed by atoms with E-state index in [2.05, 4.69) is 5.32 Å². The third kappa shape index (κ3) is 5.69. The summed E-state index contributed by atoms with van der Waals surface area (Å²) < 4.78 is 35.9. The zero-order chi connectivity index (χ0) is 21.6. The molecule has 2 aromatic carbocycles. The van der Waals surface area contributed by atoms with Gasteiger partial charge in [-0.15, -0.1) is 0 Å². The summed E-state index contributed by atoms with van der Waals surface area (Å²) >= 11 is 6.04. The number of nitrogens with one attached hydrogen (secondary N) is 1. The van der Waals surface area contributed by atoms with E-state index in [4.69, 9.17) is 21.1 Å². The maximum atomic E-state index is 12.2. The van der Waals surface area contributed by atoms with Crippen molar-refractivity contribution in [3.05, 3.63) is 53.1 Å². The zero-order valence-corrected chi connectivity index (χ0v) is 17.7. The van der Waals surface area contributed by atoms with Gasteiger partial charge in [0.05, 0.1) is 22.2 Å². The van der Waals surface area contributed by atoms with Gasteiger partial charge >= 0.3 is 5.97 Å². The second-order valence-corrected chi connectivity index (χ2v) is 8.54. The second-order valence-electron chi connectivity index (χ2n) is 5.98. The van der Waals surface area contributed by atoms with Crippen molar-refractivity contribution in [3.63, 3.8) is 0 Å². The number of carbonyl (C=O) groups is 2. The van der Waals surface area contributed by atoms with Gasteiger partial charge in [0.2, 0.25) is 10.0 Å². The summed E-state index contributed by atoms with van der Waals surface area (Å²) in [7, 11) is -0.919. The summed E-state index contributed by atoms with van der Waals surface area (Å²) in [6.45, 7) is 1.57. The molecule has 156 valence electrons. The first-order valence-electron chi connectivity index (χ1n) is 8.57. The molecule has 0 radical (unpaired) electrons. The van der Waals surface area contributed by atoms with Crippen LogP contribution in [-0.2, 0) is 19.6 Å². The number of rotatable bonds is 8. The lowest BCUT2D eigenvalue weighted by Crippen LogP contribution is -2.23. The molecule has 0 spiro atoms. The summed E-state index contributed by atoms with van der Waals surface area (Å²) in [5, 5.41) is 2.59. The highest BCUT2D eigenvalue weighted by Crippen LogP contribution is 2.26. The van der Waals surface area contributed by atoms with Crippen LogP contribution in [0.3, 0.4) is 0 Å². The Labute approximate surface area is 174 Å². The number of sulfonamides is 1. The van der Waals surface area contributed by atoms with Crippen molar-refractivity contribution in [1.82, 2.24) is 4.31 Å². The van der Waals surface area contributed by atoms with E-state index < -0.39 is 28.5 Å². The van der Waals surface area contributed by atoms with Crippen LogP contribution in [0.25, 0.3) is 0 Å². The van der Waals surface area contributed by atoms with E-state index in [0.29, 0.717) is 12.4 Å². The van der Waals surface area contributed by atoms with Gasteiger partial charge in [0, 0.05) is 14.1 Å². The van der Waals surface area contributed by atoms with Gasteiger partial charge in [-0.25, -0.2) is 17.5 Å². The van der Waals surface area contributed by atoms with Crippen LogP contribution in [0.5, 0.6) is 5.75 Å². The number of carbonyl (C=O) groups excluding carboxylic acids is 2. The Morgan fingerprint density at radius 2 is 1.83 bits per heavy atom. The Balaban J connectivity index is 2.07. The summed E-state index contributed by atoms with van der Waals surface area (Å²) in [5.41, 5.74) is 0.282. The van der Waals surface area contributed by atoms with E-state index in [1.165, 1.54) is 38.4 Å². The van der Waals surface area contributed by atoms with E-state index in [-0.39, 0.29) is 21.2 Å². The van der Waals surface area contributed by atoms with Crippen molar-refractivity contribution in [2.45, 2.75) is 11.8 Å². The first-order chi connectivity index (χ1) is 13.7. The van der Waals surface area contributed by atoms with Gasteiger partial charge in [-0.05, 0) is 37.3 Å². The minimum atomic E-state index is -3.70. The molecule has 1 amide bonds. The topological polar surface area (TPSA) is 102 Å². The standard InChI is InChI=1S/C19H21ClN2O6S/c1-4-27-17-8-6-5-7-14(17)19(24)28-12-18(23)21-16-11-13(9-10-15(16)20)29(25,26)22(2)3/h5-11H,4,12H2,1-3H3,(H,21,23). The first kappa shape index (κ1) is 22.7. The molecule has 29 heavy (non-hydrogen) atoms. The number of amides is 1. The van der Waals surface area contributed by atoms with Crippen molar-refractivity contribution in [1.29, 1.82) is 0 Å². The maximum absolute atomic E-state index is 12.2. The Hall–Kier alpha value is -2.62. The highest BCUT2D eigenvalue weighted by molar-refractivity contribution is 7.89. The summed E-state index contributed by atoms with van der Waals surface area (Å²) in [6.07, 6.45) is 0.